The second-order valence-corrected chi connectivity index (χ2v) is 18.6. The largest absolute Gasteiger partial charge is 0.394 e. The van der Waals surface area contributed by atoms with Gasteiger partial charge in [-0.15, -0.1) is 0 Å². The Morgan fingerprint density at radius 3 is 1.64 bits per heavy atom. The molecule has 64 heavy (non-hydrogen) atoms. The highest BCUT2D eigenvalue weighted by Crippen LogP contribution is 2.39. The van der Waals surface area contributed by atoms with E-state index in [0.29, 0.717) is 6.42 Å². The Morgan fingerprint density at radius 1 is 0.625 bits per heavy atom. The number of rotatable bonds is 38. The van der Waals surface area contributed by atoms with Gasteiger partial charge in [0.15, 0.2) is 18.2 Å². The number of unbranched alkanes of at least 4 members (excludes halogenated alkanes) is 21. The maximum atomic E-state index is 13.2. The lowest BCUT2D eigenvalue weighted by atomic mass is 9.97. The van der Waals surface area contributed by atoms with E-state index in [1.165, 1.54) is 103 Å². The lowest BCUT2D eigenvalue weighted by Gasteiger charge is -2.46. The zero-order chi connectivity index (χ0) is 46.6. The Bertz CT molecular complexity index is 1260. The van der Waals surface area contributed by atoms with Gasteiger partial charge in [0.05, 0.1) is 32.0 Å². The third-order valence-electron chi connectivity index (χ3n) is 13.0. The van der Waals surface area contributed by atoms with Crippen LogP contribution in [-0.2, 0) is 23.7 Å². The second-order valence-electron chi connectivity index (χ2n) is 18.6. The fourth-order valence-electron chi connectivity index (χ4n) is 8.68. The Morgan fingerprint density at radius 2 is 1.11 bits per heavy atom. The van der Waals surface area contributed by atoms with E-state index < -0.39 is 86.8 Å². The van der Waals surface area contributed by atoms with Crippen molar-refractivity contribution in [1.82, 2.24) is 5.32 Å². The molecule has 1 unspecified atom stereocenters. The maximum Gasteiger partial charge on any atom is 0.220 e. The molecule has 3 aliphatic rings. The zero-order valence-electron chi connectivity index (χ0n) is 39.3. The molecule has 3 heterocycles. The molecule has 3 rings (SSSR count). The first kappa shape index (κ1) is 56.7. The molecule has 0 saturated carbocycles. The first-order valence-electron chi connectivity index (χ1n) is 25.3. The van der Waals surface area contributed by atoms with Crippen molar-refractivity contribution in [3.05, 3.63) is 12.2 Å². The number of hydrogen-bond acceptors (Lipinski definition) is 15. The van der Waals surface area contributed by atoms with Gasteiger partial charge in [-0.1, -0.05) is 148 Å². The van der Waals surface area contributed by atoms with Crippen molar-refractivity contribution in [2.45, 2.75) is 266 Å². The molecule has 374 valence electrons. The van der Waals surface area contributed by atoms with Crippen LogP contribution in [0.3, 0.4) is 0 Å². The van der Waals surface area contributed by atoms with Crippen molar-refractivity contribution in [2.24, 2.45) is 10.2 Å². The summed E-state index contributed by atoms with van der Waals surface area (Å²) in [6.07, 6.45) is 16.6. The van der Waals surface area contributed by atoms with E-state index in [1.54, 1.807) is 6.08 Å². The SMILES string of the molecule is CCCCCCCCCCCCC/C=C/[C@@H](O)[C@H](COC1O[C@H](CO)[C@@H](O[C@@H]2O[C@H](CO)[C@H](O)[C@H](O)[C@H]2O)[C@H](O)[C@H]1O)NC(=O)CCCCCCCC1(CCCCCCCCC)N=N1. The summed E-state index contributed by atoms with van der Waals surface area (Å²) in [6, 6.07) is -0.928. The molecular weight excluding hydrogens is 827 g/mol. The van der Waals surface area contributed by atoms with Crippen LogP contribution in [-0.4, -0.2) is 146 Å². The summed E-state index contributed by atoms with van der Waals surface area (Å²) in [6.45, 7) is 2.73. The van der Waals surface area contributed by atoms with Crippen LogP contribution in [0.15, 0.2) is 22.4 Å². The van der Waals surface area contributed by atoms with Crippen molar-refractivity contribution >= 4 is 5.91 Å². The van der Waals surface area contributed by atoms with E-state index >= 15 is 0 Å². The van der Waals surface area contributed by atoms with E-state index in [2.05, 4.69) is 29.4 Å². The first-order chi connectivity index (χ1) is 31.0. The van der Waals surface area contributed by atoms with Crippen molar-refractivity contribution in [1.29, 1.82) is 0 Å². The lowest BCUT2D eigenvalue weighted by Crippen LogP contribution is -2.65. The topological polar surface area (TPSA) is 253 Å². The highest BCUT2D eigenvalue weighted by Gasteiger charge is 2.51. The van der Waals surface area contributed by atoms with Gasteiger partial charge in [-0.25, -0.2) is 0 Å². The fraction of sp³-hybridized carbons (Fsp3) is 0.938. The zero-order valence-corrected chi connectivity index (χ0v) is 39.3. The average Bonchev–Trinajstić information content (AvgIpc) is 4.07. The van der Waals surface area contributed by atoms with Crippen LogP contribution in [0.1, 0.15) is 187 Å². The van der Waals surface area contributed by atoms with Crippen LogP contribution in [0, 0.1) is 0 Å². The van der Waals surface area contributed by atoms with Crippen molar-refractivity contribution in [3.63, 3.8) is 0 Å². The van der Waals surface area contributed by atoms with Crippen LogP contribution in [0.4, 0.5) is 0 Å². The standard InChI is InChI=1S/C48H89N3O13/c1-3-5-7-9-11-12-13-14-15-16-17-20-24-28-36(54)35(49-39(55)29-25-21-19-23-27-31-48(50-51-48)30-26-22-18-10-8-6-4-2)34-61-46-44(60)42(58)45(38(33-53)63-46)64-47-43(59)41(57)40(56)37(32-52)62-47/h24,28,35-38,40-47,52-54,56-60H,3-23,25-27,29-34H2,1-2H3,(H,49,55)/b28-24+/t35-,36+,37+,38+,40-,41-,42+,43+,44+,45+,46?,47-/m0/s1. The normalized spacial score (nSPS) is 28.7. The molecule has 0 radical (unpaired) electrons. The van der Waals surface area contributed by atoms with Gasteiger partial charge in [-0.05, 0) is 44.9 Å². The predicted molar refractivity (Wildman–Crippen MR) is 243 cm³/mol. The maximum absolute atomic E-state index is 13.2. The van der Waals surface area contributed by atoms with Gasteiger partial charge in [0.2, 0.25) is 5.91 Å². The van der Waals surface area contributed by atoms with Gasteiger partial charge in [-0.3, -0.25) is 4.79 Å². The number of aliphatic hydroxyl groups is 8. The first-order valence-corrected chi connectivity index (χ1v) is 25.3. The Balaban J connectivity index is 1.46. The minimum Gasteiger partial charge on any atom is -0.394 e. The molecule has 0 aromatic rings. The third-order valence-corrected chi connectivity index (χ3v) is 13.0. The molecule has 2 saturated heterocycles. The molecule has 16 nitrogen and oxygen atoms in total. The number of ether oxygens (including phenoxy) is 4. The van der Waals surface area contributed by atoms with Gasteiger partial charge in [0.1, 0.15) is 48.8 Å². The molecule has 0 aromatic heterocycles. The third kappa shape index (κ3) is 21.1. The molecule has 9 N–H and O–H groups in total. The van der Waals surface area contributed by atoms with Crippen LogP contribution in [0.5, 0.6) is 0 Å². The molecule has 16 heteroatoms. The number of carbonyl (C=O) groups excluding carboxylic acids is 1. The number of hydrogen-bond donors (Lipinski definition) is 9. The molecule has 0 spiro atoms. The van der Waals surface area contributed by atoms with Gasteiger partial charge in [0, 0.05) is 6.42 Å². The number of allylic oxidation sites excluding steroid dienone is 1. The number of carbonyl (C=O) groups is 1. The van der Waals surface area contributed by atoms with E-state index in [-0.39, 0.29) is 24.6 Å². The highest BCUT2D eigenvalue weighted by atomic mass is 16.7. The van der Waals surface area contributed by atoms with E-state index in [4.69, 9.17) is 18.9 Å². The van der Waals surface area contributed by atoms with Crippen LogP contribution >= 0.6 is 0 Å². The average molecular weight is 916 g/mol. The van der Waals surface area contributed by atoms with Crippen molar-refractivity contribution in [3.8, 4) is 0 Å². The summed E-state index contributed by atoms with van der Waals surface area (Å²) in [7, 11) is 0. The summed E-state index contributed by atoms with van der Waals surface area (Å²) in [5.74, 6) is -0.262. The van der Waals surface area contributed by atoms with Crippen molar-refractivity contribution in [2.75, 3.05) is 19.8 Å². The monoisotopic (exact) mass is 916 g/mol. The second kappa shape index (κ2) is 32.9. The molecule has 2 fully saturated rings. The van der Waals surface area contributed by atoms with Crippen LogP contribution in [0.25, 0.3) is 0 Å². The lowest BCUT2D eigenvalue weighted by molar-refractivity contribution is -0.359. The van der Waals surface area contributed by atoms with Gasteiger partial charge < -0.3 is 65.1 Å². The molecule has 1 amide bonds. The Hall–Kier alpha value is -1.67. The van der Waals surface area contributed by atoms with Gasteiger partial charge >= 0.3 is 0 Å². The molecule has 0 bridgehead atoms. The molecule has 12 atom stereocenters. The minimum atomic E-state index is -1.79. The van der Waals surface area contributed by atoms with Gasteiger partial charge in [-0.2, -0.15) is 10.2 Å². The smallest absolute Gasteiger partial charge is 0.220 e. The van der Waals surface area contributed by atoms with Crippen molar-refractivity contribution < 1.29 is 64.6 Å². The van der Waals surface area contributed by atoms with Crippen LogP contribution < -0.4 is 5.32 Å². The molecule has 3 aliphatic heterocycles. The number of nitrogens with zero attached hydrogens (tertiary/aromatic N) is 2. The Labute approximate surface area is 383 Å². The van der Waals surface area contributed by atoms with Gasteiger partial charge in [0.25, 0.3) is 0 Å². The highest BCUT2D eigenvalue weighted by molar-refractivity contribution is 5.76. The van der Waals surface area contributed by atoms with E-state index in [0.717, 1.165) is 57.8 Å². The summed E-state index contributed by atoms with van der Waals surface area (Å²) >= 11 is 0. The predicted octanol–water partition coefficient (Wildman–Crippen LogP) is 5.76. The summed E-state index contributed by atoms with van der Waals surface area (Å²) in [5, 5.41) is 95.5. The number of aliphatic hydroxyl groups excluding tert-OH is 8. The van der Waals surface area contributed by atoms with E-state index in [1.807, 2.05) is 6.08 Å². The Kier molecular flexibility index (Phi) is 29.2. The summed E-state index contributed by atoms with van der Waals surface area (Å²) < 4.78 is 22.7. The fourth-order valence-corrected chi connectivity index (χ4v) is 8.68. The molecule has 0 aliphatic carbocycles. The summed E-state index contributed by atoms with van der Waals surface area (Å²) in [4.78, 5) is 13.2. The van der Waals surface area contributed by atoms with Crippen LogP contribution in [0.2, 0.25) is 0 Å². The van der Waals surface area contributed by atoms with E-state index in [9.17, 15) is 45.6 Å². The summed E-state index contributed by atoms with van der Waals surface area (Å²) in [5.41, 5.74) is -0.151. The number of nitrogens with one attached hydrogen (secondary N) is 1. The minimum absolute atomic E-state index is 0.151. The number of amides is 1. The quantitative estimate of drug-likeness (QED) is 0.0264. The molecule has 0 aromatic carbocycles. The molecular formula is C48H89N3O13.